The van der Waals surface area contributed by atoms with Gasteiger partial charge < -0.3 is 19.2 Å². The summed E-state index contributed by atoms with van der Waals surface area (Å²) in [5, 5.41) is 12.2. The van der Waals surface area contributed by atoms with Crippen LogP contribution in [0.2, 0.25) is 5.02 Å². The highest BCUT2D eigenvalue weighted by Gasteiger charge is 2.34. The lowest BCUT2D eigenvalue weighted by atomic mass is 10.2. The van der Waals surface area contributed by atoms with E-state index in [1.54, 1.807) is 56.0 Å². The van der Waals surface area contributed by atoms with Crippen molar-refractivity contribution in [2.75, 3.05) is 19.0 Å². The number of nitrogens with zero attached hydrogens (tertiary/aromatic N) is 3. The predicted octanol–water partition coefficient (Wildman–Crippen LogP) is 6.77. The third-order valence-electron chi connectivity index (χ3n) is 6.21. The van der Waals surface area contributed by atoms with Crippen LogP contribution in [0.5, 0.6) is 11.5 Å². The van der Waals surface area contributed by atoms with Crippen LogP contribution in [0.15, 0.2) is 105 Å². The van der Waals surface area contributed by atoms with Crippen LogP contribution < -0.4 is 14.8 Å². The Kier molecular flexibility index (Phi) is 9.60. The maximum atomic E-state index is 13.6. The van der Waals surface area contributed by atoms with Crippen LogP contribution in [0.1, 0.15) is 22.5 Å². The summed E-state index contributed by atoms with van der Waals surface area (Å²) in [7, 11) is 1.58. The Morgan fingerprint density at radius 2 is 1.86 bits per heavy atom. The molecule has 9 nitrogen and oxygen atoms in total. The lowest BCUT2D eigenvalue weighted by Crippen LogP contribution is -2.28. The second-order valence-corrected chi connectivity index (χ2v) is 10.8. The number of hydrogen-bond acceptors (Lipinski definition) is 8. The van der Waals surface area contributed by atoms with E-state index in [9.17, 15) is 9.59 Å². The first-order valence-electron chi connectivity index (χ1n) is 13.2. The zero-order valence-electron chi connectivity index (χ0n) is 23.3. The number of carbonyl (C=O) groups is 2. The molecule has 1 aromatic heterocycles. The molecule has 0 saturated carbocycles. The topological polar surface area (TPSA) is 106 Å². The zero-order chi connectivity index (χ0) is 30.2. The Balaban J connectivity index is 1.37. The summed E-state index contributed by atoms with van der Waals surface area (Å²) in [5.74, 6) is 1.01. The molecule has 218 valence electrons. The Labute approximate surface area is 257 Å². The summed E-state index contributed by atoms with van der Waals surface area (Å²) in [5.41, 5.74) is 3.03. The number of anilines is 1. The molecule has 3 aromatic carbocycles. The van der Waals surface area contributed by atoms with Crippen molar-refractivity contribution in [1.82, 2.24) is 4.90 Å². The normalized spacial score (nSPS) is 15.0. The first-order valence-corrected chi connectivity index (χ1v) is 14.4. The van der Waals surface area contributed by atoms with E-state index in [1.165, 1.54) is 4.90 Å². The number of hydrogen-bond donors (Lipinski definition) is 1. The van der Waals surface area contributed by atoms with Gasteiger partial charge in [-0.15, -0.1) is 5.10 Å². The van der Waals surface area contributed by atoms with Crippen LogP contribution in [0.25, 0.3) is 6.08 Å². The Morgan fingerprint density at radius 1 is 1.05 bits per heavy atom. The predicted molar refractivity (Wildman–Crippen MR) is 170 cm³/mol. The summed E-state index contributed by atoms with van der Waals surface area (Å²) in [4.78, 5) is 28.0. The fraction of sp³-hybridized carbons (Fsp3) is 0.125. The summed E-state index contributed by atoms with van der Waals surface area (Å²) in [6.07, 6.45) is 4.77. The van der Waals surface area contributed by atoms with Crippen LogP contribution in [-0.4, -0.2) is 41.8 Å². The molecule has 0 radical (unpaired) electrons. The van der Waals surface area contributed by atoms with Crippen LogP contribution in [0.3, 0.4) is 0 Å². The fourth-order valence-electron chi connectivity index (χ4n) is 4.08. The number of ether oxygens (including phenoxy) is 2. The minimum Gasteiger partial charge on any atom is -0.496 e. The number of carbonyl (C=O) groups excluding carboxylic acids is 2. The smallest absolute Gasteiger partial charge is 0.267 e. The van der Waals surface area contributed by atoms with Crippen molar-refractivity contribution in [3.05, 3.63) is 118 Å². The second-order valence-electron chi connectivity index (χ2n) is 9.34. The van der Waals surface area contributed by atoms with Crippen molar-refractivity contribution in [2.24, 2.45) is 10.2 Å². The SMILES string of the molecule is COc1ccccc1/C=N\N=C1\S/C(=C\c2cc(Cl)ccc2OCC(=O)Nc2ccc(C)cc2)C(=O)N1Cc1ccco1. The first kappa shape index (κ1) is 29.7. The van der Waals surface area contributed by atoms with Crippen molar-refractivity contribution in [3.63, 3.8) is 0 Å². The highest BCUT2D eigenvalue weighted by atomic mass is 35.5. The highest BCUT2D eigenvalue weighted by molar-refractivity contribution is 8.18. The third kappa shape index (κ3) is 7.73. The van der Waals surface area contributed by atoms with E-state index in [-0.39, 0.29) is 25.0 Å². The van der Waals surface area contributed by atoms with Gasteiger partial charge in [0, 0.05) is 21.8 Å². The Bertz CT molecular complexity index is 1700. The van der Waals surface area contributed by atoms with Crippen LogP contribution >= 0.6 is 23.4 Å². The van der Waals surface area contributed by atoms with Gasteiger partial charge >= 0.3 is 0 Å². The van der Waals surface area contributed by atoms with Gasteiger partial charge in [0.1, 0.15) is 17.3 Å². The third-order valence-corrected chi connectivity index (χ3v) is 7.45. The van der Waals surface area contributed by atoms with Gasteiger partial charge in [-0.05, 0) is 79.4 Å². The van der Waals surface area contributed by atoms with Gasteiger partial charge in [0.2, 0.25) is 0 Å². The number of amidine groups is 1. The molecule has 2 heterocycles. The molecule has 5 rings (SSSR count). The zero-order valence-corrected chi connectivity index (χ0v) is 24.9. The first-order chi connectivity index (χ1) is 20.9. The highest BCUT2D eigenvalue weighted by Crippen LogP contribution is 2.36. The van der Waals surface area contributed by atoms with Crippen molar-refractivity contribution < 1.29 is 23.5 Å². The quantitative estimate of drug-likeness (QED) is 0.120. The van der Waals surface area contributed by atoms with Crippen molar-refractivity contribution in [2.45, 2.75) is 13.5 Å². The van der Waals surface area contributed by atoms with Gasteiger partial charge in [-0.25, -0.2) is 0 Å². The van der Waals surface area contributed by atoms with E-state index in [2.05, 4.69) is 15.5 Å². The minimum atomic E-state index is -0.323. The molecule has 1 saturated heterocycles. The van der Waals surface area contributed by atoms with E-state index in [4.69, 9.17) is 25.5 Å². The van der Waals surface area contributed by atoms with Crippen LogP contribution in [-0.2, 0) is 16.1 Å². The van der Waals surface area contributed by atoms with Crippen molar-refractivity contribution in [1.29, 1.82) is 0 Å². The molecule has 43 heavy (non-hydrogen) atoms. The number of thioether (sulfide) groups is 1. The molecule has 1 aliphatic heterocycles. The lowest BCUT2D eigenvalue weighted by molar-refractivity contribution is -0.122. The van der Waals surface area contributed by atoms with Gasteiger partial charge in [-0.1, -0.05) is 41.4 Å². The molecule has 1 fully saturated rings. The van der Waals surface area contributed by atoms with Crippen LogP contribution in [0.4, 0.5) is 5.69 Å². The summed E-state index contributed by atoms with van der Waals surface area (Å²) < 4.78 is 16.7. The number of aryl methyl sites for hydroxylation is 1. The molecule has 4 aromatic rings. The molecular formula is C32H27ClN4O5S. The number of halogens is 1. The molecule has 0 aliphatic carbocycles. The largest absolute Gasteiger partial charge is 0.496 e. The molecule has 0 bridgehead atoms. The molecular weight excluding hydrogens is 588 g/mol. The van der Waals surface area contributed by atoms with Crippen molar-refractivity contribution in [3.8, 4) is 11.5 Å². The fourth-order valence-corrected chi connectivity index (χ4v) is 5.18. The number of nitrogens with one attached hydrogen (secondary N) is 1. The Hall–Kier alpha value is -4.80. The van der Waals surface area contributed by atoms with Gasteiger partial charge in [-0.2, -0.15) is 5.10 Å². The van der Waals surface area contributed by atoms with E-state index in [0.29, 0.717) is 43.6 Å². The number of amides is 2. The van der Waals surface area contributed by atoms with E-state index in [0.717, 1.165) is 22.9 Å². The van der Waals surface area contributed by atoms with E-state index < -0.39 is 0 Å². The number of furan rings is 1. The van der Waals surface area contributed by atoms with Gasteiger partial charge in [0.15, 0.2) is 11.8 Å². The summed E-state index contributed by atoms with van der Waals surface area (Å²) in [6.45, 7) is 1.90. The van der Waals surface area contributed by atoms with E-state index >= 15 is 0 Å². The standard InChI is InChI=1S/C32H27ClN4O5S/c1-21-9-12-25(13-10-21)35-30(38)20-42-28-14-11-24(33)16-23(28)17-29-31(39)37(19-26-7-5-15-41-26)32(43-29)36-34-18-22-6-3-4-8-27(22)40-2/h3-18H,19-20H2,1-2H3,(H,35,38)/b29-17-,34-18-,36-32+. The molecule has 0 spiro atoms. The molecule has 1 N–H and O–H groups in total. The van der Waals surface area contributed by atoms with Gasteiger partial charge in [0.25, 0.3) is 11.8 Å². The number of methoxy groups -OCH3 is 1. The van der Waals surface area contributed by atoms with Crippen LogP contribution in [0, 0.1) is 6.92 Å². The molecule has 0 unspecified atom stereocenters. The lowest BCUT2D eigenvalue weighted by Gasteiger charge is -2.13. The molecule has 11 heteroatoms. The number of rotatable bonds is 10. The van der Waals surface area contributed by atoms with Crippen molar-refractivity contribution >= 4 is 58.3 Å². The minimum absolute atomic E-state index is 0.164. The van der Waals surface area contributed by atoms with E-state index in [1.807, 2.05) is 55.5 Å². The average Bonchev–Trinajstić information content (AvgIpc) is 3.62. The molecule has 1 aliphatic rings. The summed E-state index contributed by atoms with van der Waals surface area (Å²) in [6, 6.07) is 23.4. The average molecular weight is 615 g/mol. The summed E-state index contributed by atoms with van der Waals surface area (Å²) >= 11 is 7.45. The monoisotopic (exact) mass is 614 g/mol. The van der Waals surface area contributed by atoms with Gasteiger partial charge in [0.05, 0.1) is 31.0 Å². The number of benzene rings is 3. The molecule has 2 amide bonds. The second kappa shape index (κ2) is 13.9. The maximum Gasteiger partial charge on any atom is 0.267 e. The Morgan fingerprint density at radius 3 is 2.63 bits per heavy atom. The maximum absolute atomic E-state index is 13.6. The van der Waals surface area contributed by atoms with Gasteiger partial charge in [-0.3, -0.25) is 14.5 Å². The molecule has 0 atom stereocenters. The number of para-hydroxylation sites is 1.